The van der Waals surface area contributed by atoms with Crippen LogP contribution in [0, 0.1) is 0 Å². The Bertz CT molecular complexity index is 835. The Morgan fingerprint density at radius 1 is 1.21 bits per heavy atom. The number of carbonyl (C=O) groups excluding carboxylic acids is 1. The number of alkyl halides is 2. The molecule has 0 N–H and O–H groups in total. The zero-order chi connectivity index (χ0) is 17.1. The molecule has 0 unspecified atom stereocenters. The van der Waals surface area contributed by atoms with Gasteiger partial charge in [0.1, 0.15) is 11.4 Å². The number of hydrogen-bond acceptors (Lipinski definition) is 5. The Balaban J connectivity index is 1.83. The molecule has 2 heterocycles. The minimum absolute atomic E-state index is 0.0217. The fraction of sp³-hybridized carbons (Fsp3) is 0.0625. The molecule has 1 aliphatic rings. The predicted molar refractivity (Wildman–Crippen MR) is 82.9 cm³/mol. The van der Waals surface area contributed by atoms with Crippen LogP contribution in [0.5, 0.6) is 5.75 Å². The van der Waals surface area contributed by atoms with Crippen LogP contribution in [0.4, 0.5) is 8.78 Å². The van der Waals surface area contributed by atoms with Gasteiger partial charge in [-0.25, -0.2) is 9.79 Å². The first kappa shape index (κ1) is 16.1. The molecule has 1 aromatic carbocycles. The Kier molecular flexibility index (Phi) is 4.52. The first-order valence-corrected chi connectivity index (χ1v) is 7.08. The summed E-state index contributed by atoms with van der Waals surface area (Å²) in [6.45, 7) is -2.89. The van der Waals surface area contributed by atoms with E-state index in [0.29, 0.717) is 16.3 Å². The van der Waals surface area contributed by atoms with Crippen molar-refractivity contribution in [2.45, 2.75) is 6.61 Å². The van der Waals surface area contributed by atoms with Crippen molar-refractivity contribution in [2.75, 3.05) is 0 Å². The average molecular weight is 351 g/mol. The number of ether oxygens (including phenoxy) is 2. The van der Waals surface area contributed by atoms with Crippen LogP contribution in [-0.2, 0) is 9.53 Å². The van der Waals surface area contributed by atoms with Crippen molar-refractivity contribution in [2.24, 2.45) is 4.99 Å². The largest absolute Gasteiger partial charge is 0.435 e. The van der Waals surface area contributed by atoms with Crippen LogP contribution in [0.2, 0.25) is 5.02 Å². The Labute approximate surface area is 140 Å². The van der Waals surface area contributed by atoms with Crippen molar-refractivity contribution in [3.63, 3.8) is 0 Å². The number of nitrogens with zero attached hydrogens (tertiary/aromatic N) is 2. The number of benzene rings is 1. The molecule has 24 heavy (non-hydrogen) atoms. The molecule has 0 amide bonds. The van der Waals surface area contributed by atoms with Crippen LogP contribution < -0.4 is 4.74 Å². The predicted octanol–water partition coefficient (Wildman–Crippen LogP) is 3.68. The number of carbonyl (C=O) groups is 1. The number of aliphatic imine (C=N–C) groups is 1. The normalized spacial score (nSPS) is 15.6. The molecule has 0 spiro atoms. The summed E-state index contributed by atoms with van der Waals surface area (Å²) in [5.74, 6) is -0.570. The van der Waals surface area contributed by atoms with E-state index in [-0.39, 0.29) is 17.3 Å². The fourth-order valence-corrected chi connectivity index (χ4v) is 2.10. The van der Waals surface area contributed by atoms with Gasteiger partial charge < -0.3 is 9.47 Å². The third-order valence-corrected chi connectivity index (χ3v) is 3.21. The van der Waals surface area contributed by atoms with Crippen LogP contribution in [0.15, 0.2) is 53.3 Å². The number of aromatic nitrogens is 1. The number of cyclic esters (lactones) is 1. The van der Waals surface area contributed by atoms with E-state index in [0.717, 1.165) is 0 Å². The van der Waals surface area contributed by atoms with Gasteiger partial charge in [-0.15, -0.1) is 0 Å². The van der Waals surface area contributed by atoms with E-state index in [4.69, 9.17) is 16.3 Å². The Morgan fingerprint density at radius 3 is 2.62 bits per heavy atom. The highest BCUT2D eigenvalue weighted by Gasteiger charge is 2.25. The van der Waals surface area contributed by atoms with Gasteiger partial charge in [0.2, 0.25) is 5.90 Å². The molecule has 3 rings (SSSR count). The number of halogens is 3. The molecule has 2 aromatic rings. The molecule has 8 heteroatoms. The quantitative estimate of drug-likeness (QED) is 0.623. The SMILES string of the molecule is O=C1OC(c2cc(Cl)ccn2)=N/C1=C\c1ccc(OC(F)F)cc1. The average Bonchev–Trinajstić information content (AvgIpc) is 2.90. The highest BCUT2D eigenvalue weighted by Crippen LogP contribution is 2.21. The molecule has 122 valence electrons. The van der Waals surface area contributed by atoms with Gasteiger partial charge in [0.25, 0.3) is 0 Å². The van der Waals surface area contributed by atoms with Crippen LogP contribution >= 0.6 is 11.6 Å². The van der Waals surface area contributed by atoms with Crippen LogP contribution in [-0.4, -0.2) is 23.5 Å². The van der Waals surface area contributed by atoms with Gasteiger partial charge >= 0.3 is 12.6 Å². The Hall–Kier alpha value is -2.80. The smallest absolute Gasteiger partial charge is 0.387 e. The fourth-order valence-electron chi connectivity index (χ4n) is 1.94. The molecule has 0 fully saturated rings. The van der Waals surface area contributed by atoms with Crippen molar-refractivity contribution < 1.29 is 23.0 Å². The van der Waals surface area contributed by atoms with E-state index in [1.54, 1.807) is 6.07 Å². The summed E-state index contributed by atoms with van der Waals surface area (Å²) in [5, 5.41) is 0.436. The molecule has 1 aliphatic heterocycles. The lowest BCUT2D eigenvalue weighted by Gasteiger charge is -2.03. The van der Waals surface area contributed by atoms with Crippen molar-refractivity contribution in [3.8, 4) is 5.75 Å². The third-order valence-electron chi connectivity index (χ3n) is 2.97. The summed E-state index contributed by atoms with van der Waals surface area (Å²) >= 11 is 5.86. The summed E-state index contributed by atoms with van der Waals surface area (Å²) in [6, 6.07) is 8.87. The number of hydrogen-bond donors (Lipinski definition) is 0. The van der Waals surface area contributed by atoms with Crippen molar-refractivity contribution >= 4 is 29.5 Å². The van der Waals surface area contributed by atoms with Crippen molar-refractivity contribution in [1.29, 1.82) is 0 Å². The summed E-state index contributed by atoms with van der Waals surface area (Å²) < 4.78 is 33.5. The van der Waals surface area contributed by atoms with Crippen molar-refractivity contribution in [1.82, 2.24) is 4.98 Å². The monoisotopic (exact) mass is 350 g/mol. The van der Waals surface area contributed by atoms with E-state index in [9.17, 15) is 13.6 Å². The lowest BCUT2D eigenvalue weighted by atomic mass is 10.2. The molecule has 0 saturated heterocycles. The zero-order valence-electron chi connectivity index (χ0n) is 11.9. The molecule has 0 saturated carbocycles. The molecule has 0 atom stereocenters. The van der Waals surface area contributed by atoms with E-state index in [1.807, 2.05) is 0 Å². The standard InChI is InChI=1S/C16H9ClF2N2O3/c17-10-5-6-20-12(8-10)14-21-13(15(22)24-14)7-9-1-3-11(4-2-9)23-16(18)19/h1-8,16H/b13-7-. The molecular weight excluding hydrogens is 342 g/mol. The number of rotatable bonds is 4. The van der Waals surface area contributed by atoms with Gasteiger partial charge in [0.05, 0.1) is 0 Å². The van der Waals surface area contributed by atoms with Gasteiger partial charge in [-0.2, -0.15) is 8.78 Å². The number of pyridine rings is 1. The molecular formula is C16H9ClF2N2O3. The summed E-state index contributed by atoms with van der Waals surface area (Å²) in [4.78, 5) is 20.0. The maximum absolute atomic E-state index is 12.1. The first-order chi connectivity index (χ1) is 11.5. The molecule has 5 nitrogen and oxygen atoms in total. The summed E-state index contributed by atoms with van der Waals surface area (Å²) in [6.07, 6.45) is 2.93. The topological polar surface area (TPSA) is 60.8 Å². The molecule has 0 radical (unpaired) electrons. The first-order valence-electron chi connectivity index (χ1n) is 6.70. The second kappa shape index (κ2) is 6.76. The third kappa shape index (κ3) is 3.75. The second-order valence-electron chi connectivity index (χ2n) is 4.64. The second-order valence-corrected chi connectivity index (χ2v) is 5.08. The Morgan fingerprint density at radius 2 is 1.96 bits per heavy atom. The van der Waals surface area contributed by atoms with Crippen LogP contribution in [0.25, 0.3) is 6.08 Å². The van der Waals surface area contributed by atoms with Gasteiger partial charge in [0, 0.05) is 11.2 Å². The highest BCUT2D eigenvalue weighted by atomic mass is 35.5. The minimum atomic E-state index is -2.89. The summed E-state index contributed by atoms with van der Waals surface area (Å²) in [5.41, 5.74) is 0.974. The maximum atomic E-state index is 12.1. The van der Waals surface area contributed by atoms with E-state index >= 15 is 0 Å². The maximum Gasteiger partial charge on any atom is 0.387 e. The number of esters is 1. The van der Waals surface area contributed by atoms with E-state index in [2.05, 4.69) is 14.7 Å². The van der Waals surface area contributed by atoms with E-state index in [1.165, 1.54) is 42.6 Å². The van der Waals surface area contributed by atoms with Gasteiger partial charge in [0.15, 0.2) is 5.70 Å². The van der Waals surface area contributed by atoms with Crippen LogP contribution in [0.3, 0.4) is 0 Å². The van der Waals surface area contributed by atoms with Crippen LogP contribution in [0.1, 0.15) is 11.3 Å². The van der Waals surface area contributed by atoms with Gasteiger partial charge in [-0.3, -0.25) is 4.98 Å². The zero-order valence-corrected chi connectivity index (χ0v) is 12.7. The highest BCUT2D eigenvalue weighted by molar-refractivity contribution is 6.31. The lowest BCUT2D eigenvalue weighted by Crippen LogP contribution is -2.07. The van der Waals surface area contributed by atoms with Crippen molar-refractivity contribution in [3.05, 3.63) is 64.6 Å². The van der Waals surface area contributed by atoms with Gasteiger partial charge in [-0.1, -0.05) is 23.7 Å². The van der Waals surface area contributed by atoms with Gasteiger partial charge in [-0.05, 0) is 35.9 Å². The molecule has 0 aliphatic carbocycles. The molecule has 0 bridgehead atoms. The van der Waals surface area contributed by atoms with E-state index < -0.39 is 12.6 Å². The lowest BCUT2D eigenvalue weighted by molar-refractivity contribution is -0.129. The summed E-state index contributed by atoms with van der Waals surface area (Å²) in [7, 11) is 0. The minimum Gasteiger partial charge on any atom is -0.435 e. The molecule has 1 aromatic heterocycles.